The smallest absolute Gasteiger partial charge is 0.380 e. The molecule has 0 saturated carbocycles. The van der Waals surface area contributed by atoms with Gasteiger partial charge in [0.2, 0.25) is 0 Å². The standard InChI is InChI=1S/C15H19F3N2O2/c1-20-6-7-22-10-11(9-20)8-19-14(21)12-2-4-13(5-3-12)15(16,17)18/h2-5,11H,6-10H2,1H3,(H,19,21). The molecule has 0 spiro atoms. The van der Waals surface area contributed by atoms with Crippen LogP contribution >= 0.6 is 0 Å². The predicted molar refractivity (Wildman–Crippen MR) is 75.6 cm³/mol. The largest absolute Gasteiger partial charge is 0.416 e. The topological polar surface area (TPSA) is 41.6 Å². The summed E-state index contributed by atoms with van der Waals surface area (Å²) in [7, 11) is 1.99. The minimum atomic E-state index is -4.39. The van der Waals surface area contributed by atoms with Crippen molar-refractivity contribution in [1.29, 1.82) is 0 Å². The molecular weight excluding hydrogens is 297 g/mol. The zero-order valence-corrected chi connectivity index (χ0v) is 12.3. The third-order valence-electron chi connectivity index (χ3n) is 3.57. The summed E-state index contributed by atoms with van der Waals surface area (Å²) in [6.07, 6.45) is -4.39. The summed E-state index contributed by atoms with van der Waals surface area (Å²) in [5.41, 5.74) is -0.543. The number of likely N-dealkylation sites (N-methyl/N-ethyl adjacent to an activating group) is 1. The van der Waals surface area contributed by atoms with E-state index in [1.165, 1.54) is 12.1 Å². The molecule has 0 radical (unpaired) electrons. The SMILES string of the molecule is CN1CCOCC(CNC(=O)c2ccc(C(F)(F)F)cc2)C1. The number of amides is 1. The second-order valence-electron chi connectivity index (χ2n) is 5.49. The van der Waals surface area contributed by atoms with Crippen LogP contribution in [0.1, 0.15) is 15.9 Å². The van der Waals surface area contributed by atoms with E-state index in [0.29, 0.717) is 19.8 Å². The molecule has 1 unspecified atom stereocenters. The van der Waals surface area contributed by atoms with Gasteiger partial charge in [-0.2, -0.15) is 13.2 Å². The molecule has 0 aliphatic carbocycles. The minimum Gasteiger partial charge on any atom is -0.380 e. The maximum absolute atomic E-state index is 12.5. The number of halogens is 3. The van der Waals surface area contributed by atoms with Crippen molar-refractivity contribution in [2.75, 3.05) is 39.9 Å². The Hall–Kier alpha value is -1.60. The van der Waals surface area contributed by atoms with Crippen LogP contribution in [0.2, 0.25) is 0 Å². The number of hydrogen-bond acceptors (Lipinski definition) is 3. The number of nitrogens with one attached hydrogen (secondary N) is 1. The van der Waals surface area contributed by atoms with Crippen LogP contribution in [0.5, 0.6) is 0 Å². The molecule has 22 heavy (non-hydrogen) atoms. The maximum Gasteiger partial charge on any atom is 0.416 e. The van der Waals surface area contributed by atoms with Gasteiger partial charge in [-0.05, 0) is 31.3 Å². The summed E-state index contributed by atoms with van der Waals surface area (Å²) in [6, 6.07) is 4.21. The summed E-state index contributed by atoms with van der Waals surface area (Å²) in [4.78, 5) is 14.1. The van der Waals surface area contributed by atoms with Crippen molar-refractivity contribution >= 4 is 5.91 Å². The highest BCUT2D eigenvalue weighted by Crippen LogP contribution is 2.29. The molecule has 1 heterocycles. The van der Waals surface area contributed by atoms with Gasteiger partial charge in [0.05, 0.1) is 18.8 Å². The van der Waals surface area contributed by atoms with Gasteiger partial charge < -0.3 is 15.0 Å². The zero-order chi connectivity index (χ0) is 16.2. The van der Waals surface area contributed by atoms with E-state index in [2.05, 4.69) is 10.2 Å². The summed E-state index contributed by atoms with van der Waals surface area (Å²) < 4.78 is 42.9. The molecule has 7 heteroatoms. The molecule has 0 bridgehead atoms. The molecule has 122 valence electrons. The summed E-state index contributed by atoms with van der Waals surface area (Å²) >= 11 is 0. The van der Waals surface area contributed by atoms with Gasteiger partial charge in [-0.15, -0.1) is 0 Å². The van der Waals surface area contributed by atoms with Crippen LogP contribution < -0.4 is 5.32 Å². The molecular formula is C15H19F3N2O2. The average molecular weight is 316 g/mol. The molecule has 0 aromatic heterocycles. The van der Waals surface area contributed by atoms with Gasteiger partial charge in [0, 0.05) is 31.1 Å². The van der Waals surface area contributed by atoms with Gasteiger partial charge in [0.25, 0.3) is 5.91 Å². The first-order valence-electron chi connectivity index (χ1n) is 7.08. The van der Waals surface area contributed by atoms with E-state index in [1.54, 1.807) is 0 Å². The molecule has 1 aromatic rings. The van der Waals surface area contributed by atoms with Crippen LogP contribution in [0.4, 0.5) is 13.2 Å². The normalized spacial score (nSPS) is 20.5. The highest BCUT2D eigenvalue weighted by molar-refractivity contribution is 5.94. The monoisotopic (exact) mass is 316 g/mol. The lowest BCUT2D eigenvalue weighted by Crippen LogP contribution is -2.35. The van der Waals surface area contributed by atoms with E-state index in [1.807, 2.05) is 7.05 Å². The van der Waals surface area contributed by atoms with Crippen molar-refractivity contribution < 1.29 is 22.7 Å². The zero-order valence-electron chi connectivity index (χ0n) is 12.3. The number of hydrogen-bond donors (Lipinski definition) is 1. The Balaban J connectivity index is 1.89. The molecule has 1 saturated heterocycles. The van der Waals surface area contributed by atoms with Crippen molar-refractivity contribution in [3.63, 3.8) is 0 Å². The summed E-state index contributed by atoms with van der Waals surface area (Å²) in [5.74, 6) is -0.202. The lowest BCUT2D eigenvalue weighted by atomic mass is 10.1. The Morgan fingerprint density at radius 3 is 2.68 bits per heavy atom. The lowest BCUT2D eigenvalue weighted by molar-refractivity contribution is -0.137. The Labute approximate surface area is 127 Å². The van der Waals surface area contributed by atoms with Gasteiger partial charge in [0.1, 0.15) is 0 Å². The van der Waals surface area contributed by atoms with E-state index < -0.39 is 11.7 Å². The lowest BCUT2D eigenvalue weighted by Gasteiger charge is -2.19. The van der Waals surface area contributed by atoms with Crippen molar-refractivity contribution in [2.45, 2.75) is 6.18 Å². The van der Waals surface area contributed by atoms with Crippen molar-refractivity contribution in [2.24, 2.45) is 5.92 Å². The molecule has 1 fully saturated rings. The fourth-order valence-corrected chi connectivity index (χ4v) is 2.33. The van der Waals surface area contributed by atoms with Crippen molar-refractivity contribution in [3.8, 4) is 0 Å². The molecule has 1 amide bonds. The van der Waals surface area contributed by atoms with Gasteiger partial charge in [-0.1, -0.05) is 0 Å². The quantitative estimate of drug-likeness (QED) is 0.927. The second kappa shape index (κ2) is 7.11. The fourth-order valence-electron chi connectivity index (χ4n) is 2.33. The van der Waals surface area contributed by atoms with E-state index in [-0.39, 0.29) is 17.4 Å². The second-order valence-corrected chi connectivity index (χ2v) is 5.49. The number of ether oxygens (including phenoxy) is 1. The van der Waals surface area contributed by atoms with E-state index in [9.17, 15) is 18.0 Å². The number of rotatable bonds is 3. The Kier molecular flexibility index (Phi) is 5.42. The van der Waals surface area contributed by atoms with Gasteiger partial charge >= 0.3 is 6.18 Å². The molecule has 2 rings (SSSR count). The van der Waals surface area contributed by atoms with E-state index >= 15 is 0 Å². The van der Waals surface area contributed by atoms with Crippen LogP contribution in [-0.4, -0.2) is 50.7 Å². The highest BCUT2D eigenvalue weighted by Gasteiger charge is 2.30. The Morgan fingerprint density at radius 1 is 1.36 bits per heavy atom. The van der Waals surface area contributed by atoms with Crippen molar-refractivity contribution in [3.05, 3.63) is 35.4 Å². The average Bonchev–Trinajstić information content (AvgIpc) is 2.68. The molecule has 1 N–H and O–H groups in total. The van der Waals surface area contributed by atoms with Crippen LogP contribution in [0.15, 0.2) is 24.3 Å². The van der Waals surface area contributed by atoms with Gasteiger partial charge in [-0.25, -0.2) is 0 Å². The van der Waals surface area contributed by atoms with E-state index in [4.69, 9.17) is 4.74 Å². The molecule has 1 aliphatic heterocycles. The highest BCUT2D eigenvalue weighted by atomic mass is 19.4. The Bertz CT molecular complexity index is 503. The Morgan fingerprint density at radius 2 is 2.05 bits per heavy atom. The third kappa shape index (κ3) is 4.71. The molecule has 1 atom stereocenters. The van der Waals surface area contributed by atoms with Crippen molar-refractivity contribution in [1.82, 2.24) is 10.2 Å². The molecule has 1 aromatic carbocycles. The van der Waals surface area contributed by atoms with Crippen LogP contribution in [0.25, 0.3) is 0 Å². The first-order valence-corrected chi connectivity index (χ1v) is 7.08. The molecule has 4 nitrogen and oxygen atoms in total. The summed E-state index contributed by atoms with van der Waals surface area (Å²) in [5, 5.41) is 2.75. The predicted octanol–water partition coefficient (Wildman–Crippen LogP) is 2.01. The van der Waals surface area contributed by atoms with E-state index in [0.717, 1.165) is 25.2 Å². The number of carbonyl (C=O) groups is 1. The van der Waals surface area contributed by atoms with Crippen LogP contribution in [0.3, 0.4) is 0 Å². The number of nitrogens with zero attached hydrogens (tertiary/aromatic N) is 1. The fraction of sp³-hybridized carbons (Fsp3) is 0.533. The minimum absolute atomic E-state index is 0.172. The third-order valence-corrected chi connectivity index (χ3v) is 3.57. The number of benzene rings is 1. The number of carbonyl (C=O) groups excluding carboxylic acids is 1. The number of alkyl halides is 3. The maximum atomic E-state index is 12.5. The van der Waals surface area contributed by atoms with Gasteiger partial charge in [-0.3, -0.25) is 4.79 Å². The molecule has 1 aliphatic rings. The first-order chi connectivity index (χ1) is 10.4. The van der Waals surface area contributed by atoms with Crippen LogP contribution in [-0.2, 0) is 10.9 Å². The van der Waals surface area contributed by atoms with Gasteiger partial charge in [0.15, 0.2) is 0 Å². The summed E-state index contributed by atoms with van der Waals surface area (Å²) in [6.45, 7) is 3.33. The van der Waals surface area contributed by atoms with Crippen LogP contribution in [0, 0.1) is 5.92 Å². The first kappa shape index (κ1) is 16.8.